The molecule has 1 fully saturated rings. The Morgan fingerprint density at radius 2 is 0.896 bits per heavy atom. The number of carbonyl (C=O) groups excluding carboxylic acids is 11. The third-order valence-electron chi connectivity index (χ3n) is 9.56. The first kappa shape index (κ1) is 84.8. The zero-order valence-corrected chi connectivity index (χ0v) is 51.7. The van der Waals surface area contributed by atoms with Crippen molar-refractivity contribution in [3.05, 3.63) is 0 Å². The predicted molar refractivity (Wildman–Crippen MR) is 315 cm³/mol. The number of Topliss-reactive ketones (excluding diaryl/α,β-unsaturated/α-hetero) is 3. The monoisotopic (exact) mass is 1270 g/mol. The average Bonchev–Trinajstić information content (AvgIpc) is 3.73. The molecule has 77 heavy (non-hydrogen) atoms. The van der Waals surface area contributed by atoms with E-state index in [9.17, 15) is 52.7 Å². The SMILES string of the molecule is C.CC.CCCCC(=O)CCCCOC.CNC(=O)CCNC(=O)CBr.CNC(=O)CCNC(=O)CSCCCC(=O)CCCCOC.COCCCCC(=O)CCCS.O=C(CBr)NCCC(=O)ON1C(=O)CCC1=O. The Labute approximate surface area is 487 Å². The molecule has 0 aliphatic carbocycles. The van der Waals surface area contributed by atoms with Crippen LogP contribution in [-0.4, -0.2) is 173 Å². The molecule has 25 heteroatoms. The van der Waals surface area contributed by atoms with Gasteiger partial charge in [0.05, 0.1) is 22.8 Å². The highest BCUT2D eigenvalue weighted by Crippen LogP contribution is 2.13. The molecule has 7 amide bonds. The molecule has 0 aromatic heterocycles. The number of thioether (sulfide) groups is 1. The van der Waals surface area contributed by atoms with Crippen LogP contribution in [-0.2, 0) is 71.8 Å². The van der Waals surface area contributed by atoms with Crippen LogP contribution in [0.25, 0.3) is 0 Å². The average molecular weight is 1270 g/mol. The number of rotatable bonds is 39. The van der Waals surface area contributed by atoms with Crippen LogP contribution in [0.3, 0.4) is 0 Å². The standard InChI is InChI=1S/C15H28N2O4S.C10H20O2.C9H11BrN2O5.C9H18O2S.C6H11BrN2O2.C2H6.CH4/c1-16-14(19)8-9-17-15(20)12-22-11-5-7-13(18)6-3-4-10-21-2;1-3-4-7-10(11)8-5-6-9-12-2;10-5-6(13)11-4-3-9(16)17-12-7(14)1-2-8(12)15;1-11-7-3-2-5-9(10)6-4-8-12;1-8-5(10)2-3-9-6(11)4-7;1-2;/h3-12H2,1-2H3,(H,16,19)(H,17,20);3-9H2,1-2H3;1-5H2,(H,11,13);12H,2-8H2,1H3;2-4H2,1H3,(H,8,10)(H,9,11);1-2H3;1H4. The molecule has 0 aromatic carbocycles. The molecule has 0 aromatic rings. The van der Waals surface area contributed by atoms with Crippen molar-refractivity contribution in [2.45, 2.75) is 163 Å². The first-order chi connectivity index (χ1) is 36.5. The van der Waals surface area contributed by atoms with Gasteiger partial charge in [-0.3, -0.25) is 47.9 Å². The summed E-state index contributed by atoms with van der Waals surface area (Å²) < 4.78 is 14.7. The highest BCUT2D eigenvalue weighted by molar-refractivity contribution is 9.09. The molecule has 0 unspecified atom stereocenters. The maximum absolute atomic E-state index is 11.6. The molecular formula is C52H98Br2N6O15S2. The van der Waals surface area contributed by atoms with E-state index in [1.54, 1.807) is 35.4 Å². The van der Waals surface area contributed by atoms with Gasteiger partial charge in [0, 0.05) is 139 Å². The lowest BCUT2D eigenvalue weighted by atomic mass is 10.1. The van der Waals surface area contributed by atoms with Crippen LogP contribution < -0.4 is 26.6 Å². The van der Waals surface area contributed by atoms with E-state index in [1.165, 1.54) is 11.8 Å². The molecule has 5 N–H and O–H groups in total. The van der Waals surface area contributed by atoms with Gasteiger partial charge in [0.2, 0.25) is 29.5 Å². The molecule has 0 atom stereocenters. The number of nitrogens with one attached hydrogen (secondary N) is 5. The summed E-state index contributed by atoms with van der Waals surface area (Å²) in [5.41, 5.74) is 0. The number of ether oxygens (including phenoxy) is 3. The number of nitrogens with zero attached hydrogens (tertiary/aromatic N) is 1. The fourth-order valence-corrected chi connectivity index (χ4v) is 6.74. The van der Waals surface area contributed by atoms with Crippen LogP contribution in [0.4, 0.5) is 0 Å². The number of hydroxylamine groups is 2. The largest absolute Gasteiger partial charge is 0.385 e. The molecule has 452 valence electrons. The number of ketones is 3. The summed E-state index contributed by atoms with van der Waals surface area (Å²) in [6.45, 7) is 9.21. The lowest BCUT2D eigenvalue weighted by Gasteiger charge is -2.12. The first-order valence-corrected chi connectivity index (χ1v) is 30.1. The fraction of sp³-hybridized carbons (Fsp3) is 0.788. The highest BCUT2D eigenvalue weighted by Gasteiger charge is 2.32. The summed E-state index contributed by atoms with van der Waals surface area (Å²) in [6, 6.07) is 0. The quantitative estimate of drug-likeness (QED) is 0.0164. The van der Waals surface area contributed by atoms with Crippen LogP contribution in [0, 0.1) is 0 Å². The minimum Gasteiger partial charge on any atom is -0.385 e. The van der Waals surface area contributed by atoms with Gasteiger partial charge < -0.3 is 45.6 Å². The van der Waals surface area contributed by atoms with Crippen LogP contribution in [0.15, 0.2) is 0 Å². The van der Waals surface area contributed by atoms with Crippen molar-refractivity contribution in [1.82, 2.24) is 31.6 Å². The molecule has 0 saturated carbocycles. The molecule has 0 radical (unpaired) electrons. The topological polar surface area (TPSA) is 288 Å². The van der Waals surface area contributed by atoms with Gasteiger partial charge in [-0.1, -0.05) is 66.5 Å². The Morgan fingerprint density at radius 1 is 0.532 bits per heavy atom. The molecule has 0 spiro atoms. The van der Waals surface area contributed by atoms with Crippen molar-refractivity contribution in [2.24, 2.45) is 0 Å². The van der Waals surface area contributed by atoms with Crippen LogP contribution >= 0.6 is 56.3 Å². The van der Waals surface area contributed by atoms with E-state index in [1.807, 2.05) is 13.8 Å². The Morgan fingerprint density at radius 3 is 1.26 bits per heavy atom. The maximum atomic E-state index is 11.6. The molecule has 1 aliphatic heterocycles. The minimum atomic E-state index is -0.733. The van der Waals surface area contributed by atoms with Crippen LogP contribution in [0.1, 0.15) is 163 Å². The maximum Gasteiger partial charge on any atom is 0.334 e. The molecule has 1 saturated heterocycles. The first-order valence-electron chi connectivity index (χ1n) is 26.1. The number of unbranched alkanes of at least 4 members (excludes halogenated alkanes) is 4. The number of alkyl halides is 2. The highest BCUT2D eigenvalue weighted by atomic mass is 79.9. The van der Waals surface area contributed by atoms with Gasteiger partial charge in [-0.05, 0) is 69.3 Å². The number of methoxy groups -OCH3 is 3. The zero-order valence-electron chi connectivity index (χ0n) is 46.8. The van der Waals surface area contributed by atoms with E-state index < -0.39 is 17.8 Å². The third kappa shape index (κ3) is 66.7. The normalized spacial score (nSPS) is 10.8. The Hall–Kier alpha value is -3.49. The van der Waals surface area contributed by atoms with Crippen molar-refractivity contribution in [2.75, 3.05) is 103 Å². The Balaban J connectivity index is -0.000000207. The Bertz CT molecular complexity index is 1510. The van der Waals surface area contributed by atoms with Crippen molar-refractivity contribution >= 4 is 121 Å². The van der Waals surface area contributed by atoms with E-state index in [2.05, 4.69) is 82.8 Å². The van der Waals surface area contributed by atoms with E-state index in [0.717, 1.165) is 102 Å². The van der Waals surface area contributed by atoms with Gasteiger partial charge in [0.25, 0.3) is 11.8 Å². The second kappa shape index (κ2) is 66.8. The molecule has 1 rings (SSSR count). The number of hydrogen-bond acceptors (Lipinski definition) is 17. The van der Waals surface area contributed by atoms with Crippen molar-refractivity contribution in [1.29, 1.82) is 0 Å². The fourth-order valence-electron chi connectivity index (χ4n) is 5.40. The molecule has 1 heterocycles. The number of carbonyl (C=O) groups is 11. The molecule has 21 nitrogen and oxygen atoms in total. The van der Waals surface area contributed by atoms with Gasteiger partial charge in [-0.25, -0.2) is 4.79 Å². The third-order valence-corrected chi connectivity index (χ3v) is 11.9. The lowest BCUT2D eigenvalue weighted by Crippen LogP contribution is -2.34. The summed E-state index contributed by atoms with van der Waals surface area (Å²) in [7, 11) is 8.17. The van der Waals surface area contributed by atoms with E-state index in [4.69, 9.17) is 14.2 Å². The van der Waals surface area contributed by atoms with Gasteiger partial charge in [0.1, 0.15) is 17.3 Å². The lowest BCUT2D eigenvalue weighted by molar-refractivity contribution is -0.197. The number of thiol groups is 1. The minimum absolute atomic E-state index is 0. The number of hydrogen-bond donors (Lipinski definition) is 6. The number of halogens is 2. The van der Waals surface area contributed by atoms with Gasteiger partial charge in [-0.15, -0.1) is 5.06 Å². The summed E-state index contributed by atoms with van der Waals surface area (Å²) in [6.07, 6.45) is 14.4. The molecule has 0 bridgehead atoms. The van der Waals surface area contributed by atoms with E-state index in [-0.39, 0.29) is 79.2 Å². The van der Waals surface area contributed by atoms with E-state index >= 15 is 0 Å². The van der Waals surface area contributed by atoms with Crippen LogP contribution in [0.5, 0.6) is 0 Å². The Kier molecular flexibility index (Phi) is 73.6. The summed E-state index contributed by atoms with van der Waals surface area (Å²) >= 11 is 11.5. The molecule has 1 aliphatic rings. The number of imide groups is 1. The van der Waals surface area contributed by atoms with Gasteiger partial charge in [0.15, 0.2) is 0 Å². The second-order valence-electron chi connectivity index (χ2n) is 16.0. The predicted octanol–water partition coefficient (Wildman–Crippen LogP) is 6.57. The van der Waals surface area contributed by atoms with Crippen LogP contribution in [0.2, 0.25) is 0 Å². The summed E-state index contributed by atoms with van der Waals surface area (Å²) in [5.74, 6) is 0.673. The van der Waals surface area contributed by atoms with Crippen molar-refractivity contribution < 1.29 is 71.8 Å². The van der Waals surface area contributed by atoms with Crippen molar-refractivity contribution in [3.8, 4) is 0 Å². The van der Waals surface area contributed by atoms with Gasteiger partial charge >= 0.3 is 5.97 Å². The van der Waals surface area contributed by atoms with Gasteiger partial charge in [-0.2, -0.15) is 24.4 Å². The van der Waals surface area contributed by atoms with E-state index in [0.29, 0.717) is 80.6 Å². The van der Waals surface area contributed by atoms with Crippen molar-refractivity contribution in [3.63, 3.8) is 0 Å². The zero-order chi connectivity index (χ0) is 58.6. The summed E-state index contributed by atoms with van der Waals surface area (Å²) in [5, 5.41) is 13.5. The number of amides is 7. The smallest absolute Gasteiger partial charge is 0.334 e. The molecular weight excluding hydrogens is 1170 g/mol. The second-order valence-corrected chi connectivity index (χ2v) is 18.7. The summed E-state index contributed by atoms with van der Waals surface area (Å²) in [4.78, 5) is 126.